The molecule has 0 aliphatic carbocycles. The average molecular weight is 246 g/mol. The van der Waals surface area contributed by atoms with Crippen molar-refractivity contribution >= 4 is 5.69 Å². The van der Waals surface area contributed by atoms with Gasteiger partial charge < -0.3 is 10.2 Å². The van der Waals surface area contributed by atoms with Crippen molar-refractivity contribution in [2.24, 2.45) is 5.41 Å². The molecule has 100 valence electrons. The lowest BCUT2D eigenvalue weighted by Gasteiger charge is -2.34. The zero-order chi connectivity index (χ0) is 13.3. The Morgan fingerprint density at radius 2 is 1.78 bits per heavy atom. The topological polar surface area (TPSA) is 15.3 Å². The fraction of sp³-hybridized carbons (Fsp3) is 0.625. The van der Waals surface area contributed by atoms with E-state index < -0.39 is 0 Å². The Morgan fingerprint density at radius 1 is 1.17 bits per heavy atom. The molecule has 18 heavy (non-hydrogen) atoms. The van der Waals surface area contributed by atoms with E-state index in [0.717, 1.165) is 19.6 Å². The summed E-state index contributed by atoms with van der Waals surface area (Å²) in [7, 11) is 0. The number of benzene rings is 1. The highest BCUT2D eigenvalue weighted by atomic mass is 15.2. The third-order valence-electron chi connectivity index (χ3n) is 3.71. The van der Waals surface area contributed by atoms with E-state index in [2.05, 4.69) is 63.0 Å². The molecule has 1 N–H and O–H groups in total. The number of nitrogens with zero attached hydrogens (tertiary/aromatic N) is 1. The third kappa shape index (κ3) is 3.05. The highest BCUT2D eigenvalue weighted by molar-refractivity contribution is 5.52. The first-order valence-corrected chi connectivity index (χ1v) is 6.93. The van der Waals surface area contributed by atoms with Crippen LogP contribution in [0.2, 0.25) is 0 Å². The minimum Gasteiger partial charge on any atom is -0.367 e. The molecule has 2 rings (SSSR count). The lowest BCUT2D eigenvalue weighted by atomic mass is 9.92. The van der Waals surface area contributed by atoms with Gasteiger partial charge in [0.25, 0.3) is 0 Å². The Balaban J connectivity index is 2.33. The number of aryl methyl sites for hydroxylation is 2. The molecule has 1 atom stereocenters. The van der Waals surface area contributed by atoms with Crippen LogP contribution >= 0.6 is 0 Å². The highest BCUT2D eigenvalue weighted by Crippen LogP contribution is 2.27. The maximum absolute atomic E-state index is 3.57. The van der Waals surface area contributed by atoms with Crippen molar-refractivity contribution in [2.45, 2.75) is 40.7 Å². The third-order valence-corrected chi connectivity index (χ3v) is 3.71. The molecule has 1 aromatic carbocycles. The molecule has 0 bridgehead atoms. The summed E-state index contributed by atoms with van der Waals surface area (Å²) in [4.78, 5) is 2.56. The molecule has 0 amide bonds. The maximum atomic E-state index is 3.57. The van der Waals surface area contributed by atoms with Gasteiger partial charge >= 0.3 is 0 Å². The van der Waals surface area contributed by atoms with Crippen molar-refractivity contribution in [1.29, 1.82) is 0 Å². The predicted molar refractivity (Wildman–Crippen MR) is 79.4 cm³/mol. The monoisotopic (exact) mass is 246 g/mol. The maximum Gasteiger partial charge on any atom is 0.0386 e. The number of anilines is 1. The smallest absolute Gasteiger partial charge is 0.0386 e. The molecule has 0 spiro atoms. The van der Waals surface area contributed by atoms with E-state index in [1.807, 2.05) is 0 Å². The average Bonchev–Trinajstić information content (AvgIpc) is 2.36. The molecular formula is C16H26N2. The Hall–Kier alpha value is -1.02. The quantitative estimate of drug-likeness (QED) is 0.819. The fourth-order valence-corrected chi connectivity index (χ4v) is 2.86. The van der Waals surface area contributed by atoms with Gasteiger partial charge in [-0.2, -0.15) is 0 Å². The summed E-state index contributed by atoms with van der Waals surface area (Å²) < 4.78 is 0. The van der Waals surface area contributed by atoms with E-state index in [9.17, 15) is 0 Å². The van der Waals surface area contributed by atoms with Gasteiger partial charge in [0, 0.05) is 31.4 Å². The molecule has 1 heterocycles. The van der Waals surface area contributed by atoms with E-state index in [0.29, 0.717) is 11.5 Å². The van der Waals surface area contributed by atoms with Crippen LogP contribution in [0.4, 0.5) is 5.69 Å². The van der Waals surface area contributed by atoms with Crippen LogP contribution in [0.1, 0.15) is 31.9 Å². The van der Waals surface area contributed by atoms with Gasteiger partial charge in [0.05, 0.1) is 0 Å². The zero-order valence-corrected chi connectivity index (χ0v) is 12.4. The second-order valence-corrected chi connectivity index (χ2v) is 6.62. The van der Waals surface area contributed by atoms with Crippen LogP contribution in [0.15, 0.2) is 18.2 Å². The molecular weight excluding hydrogens is 220 g/mol. The normalized spacial score (nSPS) is 23.8. The van der Waals surface area contributed by atoms with E-state index >= 15 is 0 Å². The summed E-state index contributed by atoms with van der Waals surface area (Å²) in [6.07, 6.45) is 0. The molecule has 0 saturated carbocycles. The predicted octanol–water partition coefficient (Wildman–Crippen LogP) is 3.13. The Labute approximate surface area is 111 Å². The van der Waals surface area contributed by atoms with Gasteiger partial charge in [-0.05, 0) is 49.4 Å². The molecule has 2 heteroatoms. The van der Waals surface area contributed by atoms with Gasteiger partial charge in [-0.15, -0.1) is 0 Å². The molecule has 1 unspecified atom stereocenters. The standard InChI is InChI=1S/C16H26N2/c1-12-6-13(2)8-15(7-12)18-11-16(4,5)10-17-9-14(18)3/h6-8,14,17H,9-11H2,1-5H3. The summed E-state index contributed by atoms with van der Waals surface area (Å²) in [6.45, 7) is 14.6. The van der Waals surface area contributed by atoms with Gasteiger partial charge in [-0.1, -0.05) is 19.9 Å². The largest absolute Gasteiger partial charge is 0.367 e. The molecule has 1 aromatic rings. The van der Waals surface area contributed by atoms with E-state index in [1.165, 1.54) is 16.8 Å². The van der Waals surface area contributed by atoms with Gasteiger partial charge in [-0.3, -0.25) is 0 Å². The molecule has 1 aliphatic heterocycles. The van der Waals surface area contributed by atoms with Crippen molar-refractivity contribution in [2.75, 3.05) is 24.5 Å². The van der Waals surface area contributed by atoms with Crippen molar-refractivity contribution in [1.82, 2.24) is 5.32 Å². The van der Waals surface area contributed by atoms with Gasteiger partial charge in [0.2, 0.25) is 0 Å². The first-order chi connectivity index (χ1) is 8.37. The van der Waals surface area contributed by atoms with Crippen molar-refractivity contribution < 1.29 is 0 Å². The van der Waals surface area contributed by atoms with Gasteiger partial charge in [-0.25, -0.2) is 0 Å². The Morgan fingerprint density at radius 3 is 2.39 bits per heavy atom. The van der Waals surface area contributed by atoms with Crippen LogP contribution in [0.25, 0.3) is 0 Å². The van der Waals surface area contributed by atoms with Crippen molar-refractivity contribution in [3.8, 4) is 0 Å². The highest BCUT2D eigenvalue weighted by Gasteiger charge is 2.28. The van der Waals surface area contributed by atoms with Crippen LogP contribution in [-0.2, 0) is 0 Å². The SMILES string of the molecule is Cc1cc(C)cc(N2CC(C)(C)CNCC2C)c1. The summed E-state index contributed by atoms with van der Waals surface area (Å²) in [5.74, 6) is 0. The van der Waals surface area contributed by atoms with E-state index in [4.69, 9.17) is 0 Å². The molecule has 1 saturated heterocycles. The second-order valence-electron chi connectivity index (χ2n) is 6.62. The van der Waals surface area contributed by atoms with Gasteiger partial charge in [0.15, 0.2) is 0 Å². The van der Waals surface area contributed by atoms with Crippen LogP contribution in [-0.4, -0.2) is 25.7 Å². The first-order valence-electron chi connectivity index (χ1n) is 6.93. The molecule has 0 aromatic heterocycles. The summed E-state index contributed by atoms with van der Waals surface area (Å²) in [6, 6.07) is 7.42. The number of rotatable bonds is 1. The minimum absolute atomic E-state index is 0.322. The van der Waals surface area contributed by atoms with Crippen LogP contribution in [0, 0.1) is 19.3 Å². The van der Waals surface area contributed by atoms with E-state index in [1.54, 1.807) is 0 Å². The summed E-state index contributed by atoms with van der Waals surface area (Å²) in [5.41, 5.74) is 4.40. The van der Waals surface area contributed by atoms with Crippen LogP contribution in [0.5, 0.6) is 0 Å². The van der Waals surface area contributed by atoms with Crippen LogP contribution in [0.3, 0.4) is 0 Å². The lowest BCUT2D eigenvalue weighted by Crippen LogP contribution is -2.40. The summed E-state index contributed by atoms with van der Waals surface area (Å²) >= 11 is 0. The minimum atomic E-state index is 0.322. The lowest BCUT2D eigenvalue weighted by molar-refractivity contribution is 0.369. The first kappa shape index (κ1) is 13.4. The zero-order valence-electron chi connectivity index (χ0n) is 12.4. The molecule has 0 radical (unpaired) electrons. The molecule has 1 fully saturated rings. The summed E-state index contributed by atoms with van der Waals surface area (Å²) in [5, 5.41) is 3.57. The number of hydrogen-bond acceptors (Lipinski definition) is 2. The molecule has 2 nitrogen and oxygen atoms in total. The van der Waals surface area contributed by atoms with Crippen LogP contribution < -0.4 is 10.2 Å². The fourth-order valence-electron chi connectivity index (χ4n) is 2.86. The Bertz CT molecular complexity index is 403. The van der Waals surface area contributed by atoms with E-state index in [-0.39, 0.29) is 0 Å². The number of nitrogens with one attached hydrogen (secondary N) is 1. The Kier molecular flexibility index (Phi) is 3.67. The van der Waals surface area contributed by atoms with Gasteiger partial charge in [0.1, 0.15) is 0 Å². The molecule has 1 aliphatic rings. The van der Waals surface area contributed by atoms with Crippen molar-refractivity contribution in [3.05, 3.63) is 29.3 Å². The number of hydrogen-bond donors (Lipinski definition) is 1. The second kappa shape index (κ2) is 4.93. The van der Waals surface area contributed by atoms with Crippen molar-refractivity contribution in [3.63, 3.8) is 0 Å².